The van der Waals surface area contributed by atoms with Crippen molar-refractivity contribution in [2.24, 2.45) is 0 Å². The molecule has 1 N–H and O–H groups in total. The molecule has 0 fully saturated rings. The van der Waals surface area contributed by atoms with Gasteiger partial charge in [-0.2, -0.15) is 0 Å². The van der Waals surface area contributed by atoms with Crippen LogP contribution in [0.3, 0.4) is 0 Å². The minimum atomic E-state index is -3.77. The highest BCUT2D eigenvalue weighted by atomic mass is 32.2. The number of nitrogens with one attached hydrogen (secondary N) is 1. The molecule has 2 amide bonds. The number of ether oxygens (including phenoxy) is 1. The van der Waals surface area contributed by atoms with Crippen LogP contribution in [-0.4, -0.2) is 57.1 Å². The van der Waals surface area contributed by atoms with Crippen molar-refractivity contribution in [2.75, 3.05) is 24.2 Å². The lowest BCUT2D eigenvalue weighted by molar-refractivity contribution is -0.140. The van der Waals surface area contributed by atoms with Gasteiger partial charge in [0.05, 0.1) is 19.1 Å². The lowest BCUT2D eigenvalue weighted by Crippen LogP contribution is -2.53. The minimum absolute atomic E-state index is 0.0907. The van der Waals surface area contributed by atoms with Crippen molar-refractivity contribution < 1.29 is 22.7 Å². The van der Waals surface area contributed by atoms with Crippen LogP contribution in [0.4, 0.5) is 5.69 Å². The van der Waals surface area contributed by atoms with E-state index in [2.05, 4.69) is 5.32 Å². The highest BCUT2D eigenvalue weighted by molar-refractivity contribution is 7.92. The van der Waals surface area contributed by atoms with Crippen LogP contribution < -0.4 is 14.4 Å². The Bertz CT molecular complexity index is 1020. The summed E-state index contributed by atoms with van der Waals surface area (Å²) in [5.41, 5.74) is 1.18. The molecule has 2 rings (SSSR count). The Labute approximate surface area is 196 Å². The number of carbonyl (C=O) groups excluding carboxylic acids is 2. The molecule has 0 spiro atoms. The smallest absolute Gasteiger partial charge is 0.244 e. The quantitative estimate of drug-likeness (QED) is 0.539. The van der Waals surface area contributed by atoms with Crippen LogP contribution in [0.15, 0.2) is 54.6 Å². The van der Waals surface area contributed by atoms with Crippen molar-refractivity contribution >= 4 is 27.5 Å². The van der Waals surface area contributed by atoms with Crippen LogP contribution in [-0.2, 0) is 26.2 Å². The fraction of sp³-hybridized carbons (Fsp3) is 0.417. The highest BCUT2D eigenvalue weighted by Crippen LogP contribution is 2.22. The van der Waals surface area contributed by atoms with Crippen LogP contribution in [0.2, 0.25) is 0 Å². The zero-order chi connectivity index (χ0) is 24.6. The molecule has 0 bridgehead atoms. The third kappa shape index (κ3) is 7.49. The first-order valence-electron chi connectivity index (χ1n) is 10.8. The number of anilines is 1. The van der Waals surface area contributed by atoms with Gasteiger partial charge in [0.2, 0.25) is 21.8 Å². The van der Waals surface area contributed by atoms with Crippen LogP contribution in [0.1, 0.15) is 32.8 Å². The topological polar surface area (TPSA) is 96.0 Å². The first kappa shape index (κ1) is 26.2. The van der Waals surface area contributed by atoms with E-state index in [1.807, 2.05) is 51.1 Å². The molecule has 0 aliphatic rings. The van der Waals surface area contributed by atoms with Crippen molar-refractivity contribution in [3.63, 3.8) is 0 Å². The Morgan fingerprint density at radius 2 is 1.64 bits per heavy atom. The molecule has 33 heavy (non-hydrogen) atoms. The molecular weight excluding hydrogens is 442 g/mol. The van der Waals surface area contributed by atoms with Gasteiger partial charge in [0.1, 0.15) is 18.3 Å². The number of hydrogen-bond acceptors (Lipinski definition) is 5. The second kappa shape index (κ2) is 11.7. The molecule has 180 valence electrons. The Kier molecular flexibility index (Phi) is 9.28. The Balaban J connectivity index is 2.40. The van der Waals surface area contributed by atoms with E-state index in [9.17, 15) is 18.0 Å². The van der Waals surface area contributed by atoms with Gasteiger partial charge in [-0.1, -0.05) is 37.3 Å². The molecule has 0 unspecified atom stereocenters. The third-order valence-corrected chi connectivity index (χ3v) is 6.19. The number of nitrogens with zero attached hydrogens (tertiary/aromatic N) is 2. The van der Waals surface area contributed by atoms with E-state index >= 15 is 0 Å². The fourth-order valence-electron chi connectivity index (χ4n) is 3.44. The van der Waals surface area contributed by atoms with Crippen LogP contribution >= 0.6 is 0 Å². The second-order valence-electron chi connectivity index (χ2n) is 8.06. The van der Waals surface area contributed by atoms with Gasteiger partial charge in [0, 0.05) is 12.6 Å². The van der Waals surface area contributed by atoms with Crippen LogP contribution in [0.5, 0.6) is 5.75 Å². The molecule has 2 aromatic carbocycles. The van der Waals surface area contributed by atoms with E-state index in [-0.39, 0.29) is 18.5 Å². The molecule has 0 saturated carbocycles. The average Bonchev–Trinajstić information content (AvgIpc) is 2.76. The molecule has 1 atom stereocenters. The lowest BCUT2D eigenvalue weighted by atomic mass is 10.1. The second-order valence-corrected chi connectivity index (χ2v) is 9.97. The van der Waals surface area contributed by atoms with Gasteiger partial charge in [-0.15, -0.1) is 0 Å². The van der Waals surface area contributed by atoms with Crippen LogP contribution in [0, 0.1) is 0 Å². The van der Waals surface area contributed by atoms with Crippen molar-refractivity contribution in [1.29, 1.82) is 0 Å². The summed E-state index contributed by atoms with van der Waals surface area (Å²) in [5.74, 6) is -0.168. The number of methoxy groups -OCH3 is 1. The van der Waals surface area contributed by atoms with Crippen molar-refractivity contribution in [2.45, 2.75) is 45.8 Å². The van der Waals surface area contributed by atoms with E-state index in [0.29, 0.717) is 17.9 Å². The zero-order valence-electron chi connectivity index (χ0n) is 19.8. The van der Waals surface area contributed by atoms with E-state index < -0.39 is 28.5 Å². The van der Waals surface area contributed by atoms with Gasteiger partial charge in [0.15, 0.2) is 0 Å². The predicted octanol–water partition coefficient (Wildman–Crippen LogP) is 2.79. The summed E-state index contributed by atoms with van der Waals surface area (Å²) < 4.78 is 31.3. The van der Waals surface area contributed by atoms with Gasteiger partial charge in [0.25, 0.3) is 0 Å². The fourth-order valence-corrected chi connectivity index (χ4v) is 4.29. The first-order chi connectivity index (χ1) is 15.6. The Morgan fingerprint density at radius 3 is 2.12 bits per heavy atom. The molecular formula is C24H33N3O5S. The molecule has 0 aliphatic carbocycles. The highest BCUT2D eigenvalue weighted by Gasteiger charge is 2.31. The normalized spacial score (nSPS) is 12.2. The molecule has 2 aromatic rings. The van der Waals surface area contributed by atoms with Gasteiger partial charge in [-0.05, 0) is 50.1 Å². The number of hydrogen-bond donors (Lipinski definition) is 1. The predicted molar refractivity (Wildman–Crippen MR) is 130 cm³/mol. The SMILES string of the molecule is CC[C@H](C(=O)NC(C)C)N(Cc1ccccc1)C(=O)CN(c1ccc(OC)cc1)S(C)(=O)=O. The number of amides is 2. The summed E-state index contributed by atoms with van der Waals surface area (Å²) in [6.07, 6.45) is 1.44. The van der Waals surface area contributed by atoms with Crippen molar-refractivity contribution in [3.8, 4) is 5.75 Å². The molecule has 0 radical (unpaired) electrons. The maximum absolute atomic E-state index is 13.5. The molecule has 0 saturated heterocycles. The molecule has 9 heteroatoms. The zero-order valence-corrected chi connectivity index (χ0v) is 20.6. The summed E-state index contributed by atoms with van der Waals surface area (Å²) in [5, 5.41) is 2.86. The summed E-state index contributed by atoms with van der Waals surface area (Å²) >= 11 is 0. The monoisotopic (exact) mass is 475 g/mol. The Morgan fingerprint density at radius 1 is 1.03 bits per heavy atom. The maximum Gasteiger partial charge on any atom is 0.244 e. The summed E-state index contributed by atoms with van der Waals surface area (Å²) in [6, 6.07) is 14.9. The van der Waals surface area contributed by atoms with Crippen LogP contribution in [0.25, 0.3) is 0 Å². The summed E-state index contributed by atoms with van der Waals surface area (Å²) in [6.45, 7) is 5.28. The molecule has 0 heterocycles. The van der Waals surface area contributed by atoms with E-state index in [1.54, 1.807) is 24.3 Å². The summed E-state index contributed by atoms with van der Waals surface area (Å²) in [4.78, 5) is 27.9. The van der Waals surface area contributed by atoms with Gasteiger partial charge in [-0.3, -0.25) is 13.9 Å². The van der Waals surface area contributed by atoms with Gasteiger partial charge < -0.3 is 15.0 Å². The van der Waals surface area contributed by atoms with E-state index in [4.69, 9.17) is 4.74 Å². The largest absolute Gasteiger partial charge is 0.497 e. The first-order valence-corrected chi connectivity index (χ1v) is 12.7. The van der Waals surface area contributed by atoms with Gasteiger partial charge in [-0.25, -0.2) is 8.42 Å². The van der Waals surface area contributed by atoms with E-state index in [0.717, 1.165) is 16.1 Å². The number of carbonyl (C=O) groups is 2. The summed E-state index contributed by atoms with van der Waals surface area (Å²) in [7, 11) is -2.25. The Hall–Kier alpha value is -3.07. The minimum Gasteiger partial charge on any atom is -0.497 e. The lowest BCUT2D eigenvalue weighted by Gasteiger charge is -2.33. The number of sulfonamides is 1. The number of rotatable bonds is 11. The van der Waals surface area contributed by atoms with E-state index in [1.165, 1.54) is 12.0 Å². The molecule has 0 aliphatic heterocycles. The average molecular weight is 476 g/mol. The standard InChI is InChI=1S/C24H33N3O5S/c1-6-22(24(29)25-18(2)3)26(16-19-10-8-7-9-11-19)23(28)17-27(33(5,30)31)20-12-14-21(32-4)15-13-20/h7-15,18,22H,6,16-17H2,1-5H3,(H,25,29)/t22-/m1/s1. The van der Waals surface area contributed by atoms with Gasteiger partial charge >= 0.3 is 0 Å². The molecule has 0 aromatic heterocycles. The third-order valence-electron chi connectivity index (χ3n) is 5.05. The number of benzene rings is 2. The van der Waals surface area contributed by atoms with Crippen molar-refractivity contribution in [1.82, 2.24) is 10.2 Å². The molecule has 8 nitrogen and oxygen atoms in total. The van der Waals surface area contributed by atoms with Crippen molar-refractivity contribution in [3.05, 3.63) is 60.2 Å². The maximum atomic E-state index is 13.5.